The van der Waals surface area contributed by atoms with Gasteiger partial charge in [0.05, 0.1) is 0 Å². The maximum atomic E-state index is 5.78. The lowest BCUT2D eigenvalue weighted by molar-refractivity contribution is 0.620. The van der Waals surface area contributed by atoms with Crippen LogP contribution in [-0.4, -0.2) is 18.1 Å². The Labute approximate surface area is 118 Å². The summed E-state index contributed by atoms with van der Waals surface area (Å²) >= 11 is 0. The molecule has 0 radical (unpaired) electrons. The van der Waals surface area contributed by atoms with Crippen molar-refractivity contribution in [2.45, 2.75) is 13.8 Å². The molecule has 0 amide bonds. The predicted molar refractivity (Wildman–Crippen MR) is 83.0 cm³/mol. The average molecular weight is 266 g/mol. The van der Waals surface area contributed by atoms with E-state index in [0.29, 0.717) is 5.89 Å². The number of anilines is 1. The van der Waals surface area contributed by atoms with E-state index in [2.05, 4.69) is 48.0 Å². The molecule has 1 heterocycles. The first kappa shape index (κ1) is 12.7. The zero-order valence-electron chi connectivity index (χ0n) is 11.8. The van der Waals surface area contributed by atoms with Gasteiger partial charge in [0.2, 0.25) is 5.89 Å². The lowest BCUT2D eigenvalue weighted by atomic mass is 10.2. The van der Waals surface area contributed by atoms with E-state index < -0.39 is 0 Å². The smallest absolute Gasteiger partial charge is 0.227 e. The highest BCUT2D eigenvalue weighted by Crippen LogP contribution is 2.26. The van der Waals surface area contributed by atoms with Crippen molar-refractivity contribution in [3.05, 3.63) is 48.5 Å². The molecule has 0 atom stereocenters. The molecule has 0 saturated carbocycles. The van der Waals surface area contributed by atoms with E-state index >= 15 is 0 Å². The van der Waals surface area contributed by atoms with Crippen LogP contribution < -0.4 is 4.90 Å². The van der Waals surface area contributed by atoms with E-state index in [1.54, 1.807) is 0 Å². The molecule has 2 aromatic carbocycles. The first-order valence-electron chi connectivity index (χ1n) is 7.02. The van der Waals surface area contributed by atoms with Crippen LogP contribution in [0, 0.1) is 0 Å². The molecule has 20 heavy (non-hydrogen) atoms. The summed E-state index contributed by atoms with van der Waals surface area (Å²) < 4.78 is 5.78. The van der Waals surface area contributed by atoms with Crippen LogP contribution in [0.25, 0.3) is 22.6 Å². The van der Waals surface area contributed by atoms with E-state index in [-0.39, 0.29) is 0 Å². The average Bonchev–Trinajstić information content (AvgIpc) is 2.93. The molecule has 3 aromatic rings. The number of aromatic nitrogens is 1. The maximum Gasteiger partial charge on any atom is 0.227 e. The molecule has 3 heteroatoms. The van der Waals surface area contributed by atoms with Crippen LogP contribution in [0.15, 0.2) is 52.9 Å². The second kappa shape index (κ2) is 5.37. The lowest BCUT2D eigenvalue weighted by Gasteiger charge is -2.20. The Balaban J connectivity index is 1.94. The largest absolute Gasteiger partial charge is 0.436 e. The summed E-state index contributed by atoms with van der Waals surface area (Å²) in [6.07, 6.45) is 0. The van der Waals surface area contributed by atoms with Crippen LogP contribution in [0.2, 0.25) is 0 Å². The molecule has 0 N–H and O–H groups in total. The monoisotopic (exact) mass is 266 g/mol. The summed E-state index contributed by atoms with van der Waals surface area (Å²) in [5.41, 5.74) is 3.97. The molecule has 0 fully saturated rings. The number of rotatable bonds is 4. The second-order valence-electron chi connectivity index (χ2n) is 4.71. The molecule has 0 bridgehead atoms. The molecular weight excluding hydrogens is 248 g/mol. The number of hydrogen-bond donors (Lipinski definition) is 0. The molecule has 0 aliphatic heterocycles. The van der Waals surface area contributed by atoms with Crippen LogP contribution in [0.4, 0.5) is 5.69 Å². The molecular formula is C17H18N2O. The van der Waals surface area contributed by atoms with Gasteiger partial charge in [-0.2, -0.15) is 0 Å². The van der Waals surface area contributed by atoms with Crippen LogP contribution in [-0.2, 0) is 0 Å². The Morgan fingerprint density at radius 2 is 1.65 bits per heavy atom. The van der Waals surface area contributed by atoms with Crippen LogP contribution >= 0.6 is 0 Å². The number of benzene rings is 2. The number of nitrogens with zero attached hydrogens (tertiary/aromatic N) is 2. The van der Waals surface area contributed by atoms with Crippen molar-refractivity contribution in [3.8, 4) is 11.5 Å². The fraction of sp³-hybridized carbons (Fsp3) is 0.235. The number of oxazole rings is 1. The van der Waals surface area contributed by atoms with Gasteiger partial charge in [-0.15, -0.1) is 0 Å². The minimum atomic E-state index is 0.678. The van der Waals surface area contributed by atoms with Gasteiger partial charge in [0.15, 0.2) is 5.58 Å². The van der Waals surface area contributed by atoms with Gasteiger partial charge in [-0.05, 0) is 50.2 Å². The van der Waals surface area contributed by atoms with Crippen molar-refractivity contribution in [3.63, 3.8) is 0 Å². The van der Waals surface area contributed by atoms with E-state index in [1.807, 2.05) is 24.3 Å². The highest BCUT2D eigenvalue weighted by Gasteiger charge is 2.08. The highest BCUT2D eigenvalue weighted by atomic mass is 16.3. The highest BCUT2D eigenvalue weighted by molar-refractivity contribution is 5.76. The molecule has 0 aliphatic rings. The van der Waals surface area contributed by atoms with E-state index in [1.165, 1.54) is 5.69 Å². The van der Waals surface area contributed by atoms with Crippen LogP contribution in [0.5, 0.6) is 0 Å². The third-order valence-electron chi connectivity index (χ3n) is 3.54. The van der Waals surface area contributed by atoms with E-state index in [0.717, 1.165) is 29.8 Å². The maximum absolute atomic E-state index is 5.78. The van der Waals surface area contributed by atoms with Gasteiger partial charge in [-0.3, -0.25) is 0 Å². The van der Waals surface area contributed by atoms with Crippen molar-refractivity contribution in [2.24, 2.45) is 0 Å². The van der Waals surface area contributed by atoms with Crippen LogP contribution in [0.3, 0.4) is 0 Å². The van der Waals surface area contributed by atoms with E-state index in [4.69, 9.17) is 4.42 Å². The van der Waals surface area contributed by atoms with Gasteiger partial charge >= 0.3 is 0 Å². The molecule has 3 nitrogen and oxygen atoms in total. The zero-order valence-corrected chi connectivity index (χ0v) is 11.8. The van der Waals surface area contributed by atoms with Crippen molar-refractivity contribution in [2.75, 3.05) is 18.0 Å². The van der Waals surface area contributed by atoms with Gasteiger partial charge in [0.25, 0.3) is 0 Å². The van der Waals surface area contributed by atoms with Crippen molar-refractivity contribution in [1.82, 2.24) is 4.98 Å². The summed E-state index contributed by atoms with van der Waals surface area (Å²) in [6.45, 7) is 6.36. The summed E-state index contributed by atoms with van der Waals surface area (Å²) in [5.74, 6) is 0.678. The van der Waals surface area contributed by atoms with Gasteiger partial charge < -0.3 is 9.32 Å². The fourth-order valence-electron chi connectivity index (χ4n) is 2.40. The Morgan fingerprint density at radius 1 is 0.950 bits per heavy atom. The Kier molecular flexibility index (Phi) is 3.42. The third-order valence-corrected chi connectivity index (χ3v) is 3.54. The second-order valence-corrected chi connectivity index (χ2v) is 4.71. The van der Waals surface area contributed by atoms with Crippen molar-refractivity contribution < 1.29 is 4.42 Å². The Hall–Kier alpha value is -2.29. The zero-order chi connectivity index (χ0) is 13.9. The first-order chi connectivity index (χ1) is 9.81. The first-order valence-corrected chi connectivity index (χ1v) is 7.02. The summed E-state index contributed by atoms with van der Waals surface area (Å²) in [7, 11) is 0. The predicted octanol–water partition coefficient (Wildman–Crippen LogP) is 4.34. The van der Waals surface area contributed by atoms with Gasteiger partial charge in [0.1, 0.15) is 5.52 Å². The molecule has 3 rings (SSSR count). The number of para-hydroxylation sites is 2. The quantitative estimate of drug-likeness (QED) is 0.703. The summed E-state index contributed by atoms with van der Waals surface area (Å²) in [5, 5.41) is 0. The Bertz CT molecular complexity index is 663. The molecule has 0 saturated heterocycles. The normalized spacial score (nSPS) is 10.9. The summed E-state index contributed by atoms with van der Waals surface area (Å²) in [4.78, 5) is 6.83. The van der Waals surface area contributed by atoms with Gasteiger partial charge in [-0.1, -0.05) is 12.1 Å². The van der Waals surface area contributed by atoms with E-state index in [9.17, 15) is 0 Å². The minimum absolute atomic E-state index is 0.678. The van der Waals surface area contributed by atoms with Crippen molar-refractivity contribution in [1.29, 1.82) is 0 Å². The molecule has 0 unspecified atom stereocenters. The van der Waals surface area contributed by atoms with Crippen LogP contribution in [0.1, 0.15) is 13.8 Å². The topological polar surface area (TPSA) is 29.3 Å². The third kappa shape index (κ3) is 2.27. The minimum Gasteiger partial charge on any atom is -0.436 e. The summed E-state index contributed by atoms with van der Waals surface area (Å²) in [6, 6.07) is 16.2. The number of fused-ring (bicyclic) bond motifs is 1. The van der Waals surface area contributed by atoms with Crippen molar-refractivity contribution >= 4 is 16.8 Å². The Morgan fingerprint density at radius 3 is 2.30 bits per heavy atom. The standard InChI is InChI=1S/C17H18N2O/c1-3-19(4-2)14-11-9-13(10-12-14)17-18-15-7-5-6-8-16(15)20-17/h5-12H,3-4H2,1-2H3. The number of hydrogen-bond acceptors (Lipinski definition) is 3. The molecule has 102 valence electrons. The molecule has 1 aromatic heterocycles. The molecule has 0 aliphatic carbocycles. The molecule has 0 spiro atoms. The van der Waals surface area contributed by atoms with Gasteiger partial charge in [0, 0.05) is 24.3 Å². The van der Waals surface area contributed by atoms with Gasteiger partial charge in [-0.25, -0.2) is 4.98 Å². The SMILES string of the molecule is CCN(CC)c1ccc(-c2nc3ccccc3o2)cc1. The lowest BCUT2D eigenvalue weighted by Crippen LogP contribution is -2.21. The fourth-order valence-corrected chi connectivity index (χ4v) is 2.40.